The monoisotopic (exact) mass is 264 g/mol. The lowest BCUT2D eigenvalue weighted by atomic mass is 10.4. The molecule has 10 heavy (non-hydrogen) atoms. The highest BCUT2D eigenvalue weighted by atomic mass is 79.9. The van der Waals surface area contributed by atoms with Crippen molar-refractivity contribution < 1.29 is 0 Å². The molecule has 0 spiro atoms. The zero-order valence-electron chi connectivity index (χ0n) is 5.22. The molecular weight excluding hydrogens is 260 g/mol. The molecule has 0 saturated heterocycles. The minimum absolute atomic E-state index is 0.766. The van der Waals surface area contributed by atoms with Crippen LogP contribution < -0.4 is 0 Å². The molecule has 0 aliphatic rings. The first-order valence-corrected chi connectivity index (χ1v) is 5.03. The Bertz CT molecular complexity index is 174. The second kappa shape index (κ2) is 4.03. The summed E-state index contributed by atoms with van der Waals surface area (Å²) in [6.45, 7) is 0. The number of halogens is 2. The molecule has 0 fully saturated rings. The molecule has 4 heteroatoms. The molecule has 1 heterocycles. The van der Waals surface area contributed by atoms with Gasteiger partial charge in [0.1, 0.15) is 0 Å². The molecule has 0 saturated carbocycles. The van der Waals surface area contributed by atoms with Crippen LogP contribution in [0.1, 0.15) is 11.4 Å². The molecule has 0 amide bonds. The van der Waals surface area contributed by atoms with Crippen molar-refractivity contribution in [2.45, 2.75) is 10.7 Å². The number of hydrogen-bond acceptors (Lipinski definition) is 2. The van der Waals surface area contributed by atoms with Crippen molar-refractivity contribution in [1.82, 2.24) is 9.97 Å². The Balaban J connectivity index is 2.80. The Hall–Kier alpha value is 0.0400. The third-order valence-corrected chi connectivity index (χ3v) is 2.18. The molecule has 0 N–H and O–H groups in total. The maximum Gasteiger partial charge on any atom is 0.0692 e. The molecule has 1 aromatic rings. The molecule has 1 aromatic heterocycles. The second-order valence-corrected chi connectivity index (χ2v) is 2.89. The fraction of sp³-hybridized carbons (Fsp3) is 0.333. The predicted octanol–water partition coefficient (Wildman–Crippen LogP) is 2.27. The van der Waals surface area contributed by atoms with Crippen LogP contribution in [0, 0.1) is 0 Å². The number of alkyl halides is 2. The summed E-state index contributed by atoms with van der Waals surface area (Å²) < 4.78 is 0. The smallest absolute Gasteiger partial charge is 0.0692 e. The number of nitrogens with zero attached hydrogens (tertiary/aromatic N) is 2. The van der Waals surface area contributed by atoms with E-state index in [4.69, 9.17) is 0 Å². The quantitative estimate of drug-likeness (QED) is 0.767. The minimum Gasteiger partial charge on any atom is -0.257 e. The van der Waals surface area contributed by atoms with Gasteiger partial charge in [0.2, 0.25) is 0 Å². The Morgan fingerprint density at radius 2 is 1.40 bits per heavy atom. The van der Waals surface area contributed by atoms with Gasteiger partial charge in [0.15, 0.2) is 0 Å². The van der Waals surface area contributed by atoms with Crippen molar-refractivity contribution in [3.63, 3.8) is 0 Å². The summed E-state index contributed by atoms with van der Waals surface area (Å²) in [5.41, 5.74) is 1.93. The molecule has 2 nitrogen and oxygen atoms in total. The van der Waals surface area contributed by atoms with Gasteiger partial charge in [-0.05, 0) is 0 Å². The molecule has 0 atom stereocenters. The van der Waals surface area contributed by atoms with Crippen LogP contribution in [0.5, 0.6) is 0 Å². The van der Waals surface area contributed by atoms with Gasteiger partial charge in [-0.3, -0.25) is 9.97 Å². The fourth-order valence-corrected chi connectivity index (χ4v) is 1.10. The van der Waals surface area contributed by atoms with E-state index >= 15 is 0 Å². The van der Waals surface area contributed by atoms with Crippen molar-refractivity contribution in [3.05, 3.63) is 23.8 Å². The van der Waals surface area contributed by atoms with E-state index in [0.29, 0.717) is 0 Å². The van der Waals surface area contributed by atoms with Crippen molar-refractivity contribution in [3.8, 4) is 0 Å². The predicted molar refractivity (Wildman–Crippen MR) is 47.3 cm³/mol. The molecule has 0 bridgehead atoms. The molecule has 0 unspecified atom stereocenters. The zero-order chi connectivity index (χ0) is 7.40. The SMILES string of the molecule is BrCc1cnc(CBr)cn1. The Labute approximate surface area is 76.3 Å². The molecule has 54 valence electrons. The van der Waals surface area contributed by atoms with Gasteiger partial charge >= 0.3 is 0 Å². The maximum atomic E-state index is 4.13. The summed E-state index contributed by atoms with van der Waals surface area (Å²) in [6, 6.07) is 0. The van der Waals surface area contributed by atoms with E-state index in [2.05, 4.69) is 41.8 Å². The largest absolute Gasteiger partial charge is 0.257 e. The first kappa shape index (κ1) is 8.14. The lowest BCUT2D eigenvalue weighted by Crippen LogP contribution is -1.90. The topological polar surface area (TPSA) is 25.8 Å². The van der Waals surface area contributed by atoms with Crippen molar-refractivity contribution in [2.75, 3.05) is 0 Å². The van der Waals surface area contributed by atoms with Crippen LogP contribution in [0.25, 0.3) is 0 Å². The Kier molecular flexibility index (Phi) is 3.28. The summed E-state index contributed by atoms with van der Waals surface area (Å²) in [6.07, 6.45) is 3.54. The molecule has 0 aromatic carbocycles. The molecule has 0 aliphatic heterocycles. The average Bonchev–Trinajstić information content (AvgIpc) is 2.05. The van der Waals surface area contributed by atoms with E-state index in [1.54, 1.807) is 12.4 Å². The highest BCUT2D eigenvalue weighted by Gasteiger charge is 1.92. The summed E-state index contributed by atoms with van der Waals surface area (Å²) >= 11 is 6.58. The van der Waals surface area contributed by atoms with Crippen LogP contribution >= 0.6 is 31.9 Å². The van der Waals surface area contributed by atoms with Gasteiger partial charge in [-0.1, -0.05) is 31.9 Å². The lowest BCUT2D eigenvalue weighted by molar-refractivity contribution is 1.05. The first-order chi connectivity index (χ1) is 4.86. The fourth-order valence-electron chi connectivity index (χ4n) is 0.520. The standard InChI is InChI=1S/C6H6Br2N2/c7-1-5-3-10-6(2-8)4-9-5/h3-4H,1-2H2. The molecule has 0 aliphatic carbocycles. The van der Waals surface area contributed by atoms with E-state index in [1.807, 2.05) is 0 Å². The van der Waals surface area contributed by atoms with Crippen molar-refractivity contribution in [2.24, 2.45) is 0 Å². The number of hydrogen-bond donors (Lipinski definition) is 0. The summed E-state index contributed by atoms with van der Waals surface area (Å²) in [7, 11) is 0. The van der Waals surface area contributed by atoms with E-state index in [-0.39, 0.29) is 0 Å². The molecular formula is C6H6Br2N2. The summed E-state index contributed by atoms with van der Waals surface area (Å²) in [4.78, 5) is 8.26. The lowest BCUT2D eigenvalue weighted by Gasteiger charge is -1.94. The minimum atomic E-state index is 0.766. The second-order valence-electron chi connectivity index (χ2n) is 1.77. The Morgan fingerprint density at radius 1 is 1.00 bits per heavy atom. The van der Waals surface area contributed by atoms with Gasteiger partial charge in [-0.15, -0.1) is 0 Å². The van der Waals surface area contributed by atoms with E-state index < -0.39 is 0 Å². The number of rotatable bonds is 2. The van der Waals surface area contributed by atoms with Crippen molar-refractivity contribution in [1.29, 1.82) is 0 Å². The highest BCUT2D eigenvalue weighted by Crippen LogP contribution is 2.02. The maximum absolute atomic E-state index is 4.13. The Morgan fingerprint density at radius 3 is 1.60 bits per heavy atom. The average molecular weight is 266 g/mol. The first-order valence-electron chi connectivity index (χ1n) is 2.78. The zero-order valence-corrected chi connectivity index (χ0v) is 8.39. The summed E-state index contributed by atoms with van der Waals surface area (Å²) in [5, 5.41) is 1.53. The van der Waals surface area contributed by atoms with E-state index in [9.17, 15) is 0 Å². The van der Waals surface area contributed by atoms with Crippen LogP contribution in [-0.2, 0) is 10.7 Å². The van der Waals surface area contributed by atoms with Crippen LogP contribution in [0.3, 0.4) is 0 Å². The summed E-state index contributed by atoms with van der Waals surface area (Å²) in [5.74, 6) is 0. The van der Waals surface area contributed by atoms with Crippen LogP contribution in [0.15, 0.2) is 12.4 Å². The van der Waals surface area contributed by atoms with Gasteiger partial charge in [0, 0.05) is 23.1 Å². The van der Waals surface area contributed by atoms with Gasteiger partial charge in [-0.2, -0.15) is 0 Å². The van der Waals surface area contributed by atoms with E-state index in [0.717, 1.165) is 22.0 Å². The van der Waals surface area contributed by atoms with Crippen molar-refractivity contribution >= 4 is 31.9 Å². The van der Waals surface area contributed by atoms with Gasteiger partial charge < -0.3 is 0 Å². The molecule has 1 rings (SSSR count). The van der Waals surface area contributed by atoms with E-state index in [1.165, 1.54) is 0 Å². The van der Waals surface area contributed by atoms with Gasteiger partial charge in [-0.25, -0.2) is 0 Å². The van der Waals surface area contributed by atoms with Gasteiger partial charge in [0.05, 0.1) is 11.4 Å². The number of aromatic nitrogens is 2. The van der Waals surface area contributed by atoms with Gasteiger partial charge in [0.25, 0.3) is 0 Å². The normalized spacial score (nSPS) is 9.80. The molecule has 0 radical (unpaired) electrons. The van der Waals surface area contributed by atoms with Crippen LogP contribution in [0.2, 0.25) is 0 Å². The third-order valence-electron chi connectivity index (χ3n) is 1.03. The third kappa shape index (κ3) is 2.02. The van der Waals surface area contributed by atoms with Crippen LogP contribution in [-0.4, -0.2) is 9.97 Å². The highest BCUT2D eigenvalue weighted by molar-refractivity contribution is 9.08. The van der Waals surface area contributed by atoms with Crippen LogP contribution in [0.4, 0.5) is 0 Å².